The van der Waals surface area contributed by atoms with Crippen molar-refractivity contribution in [3.05, 3.63) is 34.5 Å². The summed E-state index contributed by atoms with van der Waals surface area (Å²) in [5.41, 5.74) is 2.55. The highest BCUT2D eigenvalue weighted by Crippen LogP contribution is 2.36. The van der Waals surface area contributed by atoms with Crippen molar-refractivity contribution in [3.63, 3.8) is 0 Å². The Morgan fingerprint density at radius 3 is 2.91 bits per heavy atom. The molecule has 0 radical (unpaired) electrons. The molecular formula is C15H18N4O3S. The van der Waals surface area contributed by atoms with Crippen molar-refractivity contribution in [3.8, 4) is 0 Å². The molecule has 2 atom stereocenters. The molecule has 2 aromatic heterocycles. The minimum atomic E-state index is -0.380. The van der Waals surface area contributed by atoms with Crippen molar-refractivity contribution in [1.29, 1.82) is 0 Å². The number of hydrogen-bond acceptors (Lipinski definition) is 6. The number of piperidine rings is 1. The maximum absolute atomic E-state index is 12.5. The highest BCUT2D eigenvalue weighted by Gasteiger charge is 2.40. The summed E-state index contributed by atoms with van der Waals surface area (Å²) >= 11 is 1.45. The van der Waals surface area contributed by atoms with Crippen molar-refractivity contribution >= 4 is 23.2 Å². The normalized spacial score (nSPS) is 21.5. The predicted molar refractivity (Wildman–Crippen MR) is 83.4 cm³/mol. The molecule has 1 saturated heterocycles. The molecule has 1 aliphatic rings. The summed E-state index contributed by atoms with van der Waals surface area (Å²) in [5.74, 6) is -0.633. The van der Waals surface area contributed by atoms with Gasteiger partial charge in [-0.05, 0) is 6.42 Å². The number of ether oxygens (including phenoxy) is 1. The van der Waals surface area contributed by atoms with E-state index in [0.717, 1.165) is 10.4 Å². The van der Waals surface area contributed by atoms with Gasteiger partial charge >= 0.3 is 5.97 Å². The SMILES string of the molecule is CN1C(=O)CC[C@H](C(=O)OCc2cncs2)[C@H]1c1cnn(C)c1. The molecule has 7 nitrogen and oxygen atoms in total. The lowest BCUT2D eigenvalue weighted by Gasteiger charge is -2.37. The van der Waals surface area contributed by atoms with Gasteiger partial charge in [-0.25, -0.2) is 0 Å². The van der Waals surface area contributed by atoms with Gasteiger partial charge < -0.3 is 9.64 Å². The third-order valence-electron chi connectivity index (χ3n) is 4.07. The summed E-state index contributed by atoms with van der Waals surface area (Å²) in [7, 11) is 3.54. The highest BCUT2D eigenvalue weighted by molar-refractivity contribution is 7.09. The molecule has 1 aliphatic heterocycles. The third-order valence-corrected chi connectivity index (χ3v) is 4.82. The van der Waals surface area contributed by atoms with E-state index in [0.29, 0.717) is 12.8 Å². The van der Waals surface area contributed by atoms with E-state index in [-0.39, 0.29) is 30.4 Å². The maximum atomic E-state index is 12.5. The van der Waals surface area contributed by atoms with Crippen molar-refractivity contribution in [2.24, 2.45) is 13.0 Å². The average molecular weight is 334 g/mol. The van der Waals surface area contributed by atoms with Crippen molar-refractivity contribution < 1.29 is 14.3 Å². The molecule has 0 bridgehead atoms. The summed E-state index contributed by atoms with van der Waals surface area (Å²) in [6, 6.07) is -0.334. The average Bonchev–Trinajstić information content (AvgIpc) is 3.19. The lowest BCUT2D eigenvalue weighted by molar-refractivity contribution is -0.157. The fourth-order valence-corrected chi connectivity index (χ4v) is 3.40. The van der Waals surface area contributed by atoms with Gasteiger partial charge in [-0.15, -0.1) is 11.3 Å². The van der Waals surface area contributed by atoms with Crippen LogP contribution in [0.1, 0.15) is 29.3 Å². The molecular weight excluding hydrogens is 316 g/mol. The number of rotatable bonds is 4. The first kappa shape index (κ1) is 15.7. The molecule has 0 N–H and O–H groups in total. The Hall–Kier alpha value is -2.22. The van der Waals surface area contributed by atoms with Gasteiger partial charge in [0.15, 0.2) is 0 Å². The predicted octanol–water partition coefficient (Wildman–Crippen LogP) is 1.53. The number of likely N-dealkylation sites (tertiary alicyclic amines) is 1. The van der Waals surface area contributed by atoms with Crippen molar-refractivity contribution in [2.75, 3.05) is 7.05 Å². The second-order valence-electron chi connectivity index (χ2n) is 5.62. The lowest BCUT2D eigenvalue weighted by Crippen LogP contribution is -2.43. The Bertz CT molecular complexity index is 697. The van der Waals surface area contributed by atoms with Crippen LogP contribution in [-0.2, 0) is 28.0 Å². The Morgan fingerprint density at radius 1 is 1.43 bits per heavy atom. The van der Waals surface area contributed by atoms with E-state index >= 15 is 0 Å². The van der Waals surface area contributed by atoms with Crippen molar-refractivity contribution in [2.45, 2.75) is 25.5 Å². The van der Waals surface area contributed by atoms with Crippen LogP contribution < -0.4 is 0 Å². The number of aromatic nitrogens is 3. The van der Waals surface area contributed by atoms with Gasteiger partial charge in [0.25, 0.3) is 0 Å². The van der Waals surface area contributed by atoms with Crippen LogP contribution in [-0.4, -0.2) is 38.6 Å². The minimum Gasteiger partial charge on any atom is -0.460 e. The van der Waals surface area contributed by atoms with Gasteiger partial charge in [0.2, 0.25) is 5.91 Å². The van der Waals surface area contributed by atoms with E-state index < -0.39 is 0 Å². The Balaban J connectivity index is 1.77. The molecule has 0 saturated carbocycles. The second-order valence-corrected chi connectivity index (χ2v) is 6.59. The van der Waals surface area contributed by atoms with Crippen LogP contribution in [0.5, 0.6) is 0 Å². The molecule has 3 rings (SSSR count). The zero-order valence-electron chi connectivity index (χ0n) is 13.0. The molecule has 8 heteroatoms. The highest BCUT2D eigenvalue weighted by atomic mass is 32.1. The summed E-state index contributed by atoms with van der Waals surface area (Å²) in [6.07, 6.45) is 6.07. The van der Waals surface area contributed by atoms with E-state index in [4.69, 9.17) is 4.74 Å². The smallest absolute Gasteiger partial charge is 0.311 e. The van der Waals surface area contributed by atoms with E-state index in [2.05, 4.69) is 10.1 Å². The Labute approximate surface area is 137 Å². The summed E-state index contributed by atoms with van der Waals surface area (Å²) in [6.45, 7) is 0.220. The molecule has 0 aromatic carbocycles. The number of carbonyl (C=O) groups excluding carboxylic acids is 2. The number of amides is 1. The molecule has 23 heavy (non-hydrogen) atoms. The van der Waals surface area contributed by atoms with E-state index in [1.54, 1.807) is 34.5 Å². The zero-order chi connectivity index (χ0) is 16.4. The fourth-order valence-electron chi connectivity index (χ4n) is 2.90. The number of thiazole rings is 1. The fraction of sp³-hybridized carbons (Fsp3) is 0.467. The first-order valence-corrected chi connectivity index (χ1v) is 8.22. The first-order chi connectivity index (χ1) is 11.1. The Morgan fingerprint density at radius 2 is 2.26 bits per heavy atom. The molecule has 122 valence electrons. The van der Waals surface area contributed by atoms with Crippen LogP contribution in [0, 0.1) is 5.92 Å². The lowest BCUT2D eigenvalue weighted by atomic mass is 9.86. The number of nitrogens with zero attached hydrogens (tertiary/aromatic N) is 4. The summed E-state index contributed by atoms with van der Waals surface area (Å²) < 4.78 is 7.10. The van der Waals surface area contributed by atoms with Crippen LogP contribution in [0.4, 0.5) is 0 Å². The van der Waals surface area contributed by atoms with Gasteiger partial charge in [0.1, 0.15) is 6.61 Å². The standard InChI is InChI=1S/C15H18N4O3S/c1-18-7-10(5-17-18)14-12(3-4-13(20)19(14)2)15(21)22-8-11-6-16-9-23-11/h5-7,9,12,14H,3-4,8H2,1-2H3/t12-,14+/m0/s1. The number of aryl methyl sites for hydroxylation is 1. The first-order valence-electron chi connectivity index (χ1n) is 7.34. The van der Waals surface area contributed by atoms with Crippen LogP contribution in [0.3, 0.4) is 0 Å². The molecule has 1 amide bonds. The van der Waals surface area contributed by atoms with Gasteiger partial charge in [-0.3, -0.25) is 19.3 Å². The molecule has 1 fully saturated rings. The summed E-state index contributed by atoms with van der Waals surface area (Å²) in [5, 5.41) is 4.15. The van der Waals surface area contributed by atoms with Crippen LogP contribution in [0.25, 0.3) is 0 Å². The van der Waals surface area contributed by atoms with E-state index in [1.807, 2.05) is 13.2 Å². The number of esters is 1. The van der Waals surface area contributed by atoms with Gasteiger partial charge in [0.05, 0.1) is 28.5 Å². The largest absolute Gasteiger partial charge is 0.460 e. The third kappa shape index (κ3) is 3.26. The van der Waals surface area contributed by atoms with Crippen LogP contribution in [0.2, 0.25) is 0 Å². The van der Waals surface area contributed by atoms with Gasteiger partial charge in [-0.1, -0.05) is 0 Å². The van der Waals surface area contributed by atoms with Gasteiger partial charge in [0, 0.05) is 38.5 Å². The summed E-state index contributed by atoms with van der Waals surface area (Å²) in [4.78, 5) is 31.1. The zero-order valence-corrected chi connectivity index (χ0v) is 13.8. The van der Waals surface area contributed by atoms with Crippen LogP contribution >= 0.6 is 11.3 Å². The van der Waals surface area contributed by atoms with E-state index in [9.17, 15) is 9.59 Å². The topological polar surface area (TPSA) is 77.3 Å². The Kier molecular flexibility index (Phi) is 4.42. The molecule has 0 aliphatic carbocycles. The molecule has 0 unspecified atom stereocenters. The van der Waals surface area contributed by atoms with Crippen LogP contribution in [0.15, 0.2) is 24.1 Å². The number of carbonyl (C=O) groups is 2. The molecule has 2 aromatic rings. The van der Waals surface area contributed by atoms with E-state index in [1.165, 1.54) is 11.3 Å². The number of hydrogen-bond donors (Lipinski definition) is 0. The molecule has 0 spiro atoms. The van der Waals surface area contributed by atoms with Crippen molar-refractivity contribution in [1.82, 2.24) is 19.7 Å². The minimum absolute atomic E-state index is 0.0327. The quantitative estimate of drug-likeness (QED) is 0.793. The molecule has 3 heterocycles. The van der Waals surface area contributed by atoms with Gasteiger partial charge in [-0.2, -0.15) is 5.10 Å². The maximum Gasteiger partial charge on any atom is 0.311 e. The monoisotopic (exact) mass is 334 g/mol. The second kappa shape index (κ2) is 6.49.